The van der Waals surface area contributed by atoms with Crippen molar-refractivity contribution in [2.24, 2.45) is 0 Å². The predicted molar refractivity (Wildman–Crippen MR) is 107 cm³/mol. The third-order valence-corrected chi connectivity index (χ3v) is 5.73. The van der Waals surface area contributed by atoms with Crippen LogP contribution in [-0.2, 0) is 4.74 Å². The molecule has 1 saturated heterocycles. The summed E-state index contributed by atoms with van der Waals surface area (Å²) < 4.78 is 5.45. The first-order valence-electron chi connectivity index (χ1n) is 8.77. The first-order chi connectivity index (χ1) is 13.1. The Kier molecular flexibility index (Phi) is 4.87. The molecule has 27 heavy (non-hydrogen) atoms. The Hall–Kier alpha value is -2.77. The molecule has 138 valence electrons. The van der Waals surface area contributed by atoms with Crippen LogP contribution in [0, 0.1) is 17.0 Å². The number of non-ortho nitro benzene ring substituents is 1. The van der Waals surface area contributed by atoms with E-state index in [1.165, 1.54) is 5.56 Å². The molecule has 1 aliphatic rings. The van der Waals surface area contributed by atoms with Gasteiger partial charge in [-0.3, -0.25) is 10.1 Å². The van der Waals surface area contributed by atoms with Crippen LogP contribution in [0.5, 0.6) is 0 Å². The Balaban J connectivity index is 1.78. The Bertz CT molecular complexity index is 946. The largest absolute Gasteiger partial charge is 0.378 e. The summed E-state index contributed by atoms with van der Waals surface area (Å²) in [6.45, 7) is 5.10. The molecule has 2 heterocycles. The second kappa shape index (κ2) is 7.46. The van der Waals surface area contributed by atoms with Crippen molar-refractivity contribution in [1.82, 2.24) is 4.98 Å². The molecule has 0 amide bonds. The summed E-state index contributed by atoms with van der Waals surface area (Å²) in [5.41, 5.74) is 4.18. The minimum Gasteiger partial charge on any atom is -0.378 e. The van der Waals surface area contributed by atoms with E-state index in [0.717, 1.165) is 39.9 Å². The quantitative estimate of drug-likeness (QED) is 0.491. The predicted octanol–water partition coefficient (Wildman–Crippen LogP) is 4.53. The SMILES string of the molecule is Cc1ccc(-c2nc(N3CCOCC3)sc2-c2ccc([N+](=O)[O-])cc2)cc1. The van der Waals surface area contributed by atoms with Gasteiger partial charge in [0.05, 0.1) is 28.7 Å². The minimum absolute atomic E-state index is 0.0913. The van der Waals surface area contributed by atoms with Crippen LogP contribution in [0.4, 0.5) is 10.8 Å². The fraction of sp³-hybridized carbons (Fsp3) is 0.250. The zero-order valence-electron chi connectivity index (χ0n) is 14.9. The fourth-order valence-corrected chi connectivity index (χ4v) is 4.18. The maximum absolute atomic E-state index is 11.0. The van der Waals surface area contributed by atoms with E-state index in [-0.39, 0.29) is 10.6 Å². The lowest BCUT2D eigenvalue weighted by molar-refractivity contribution is -0.384. The van der Waals surface area contributed by atoms with Crippen molar-refractivity contribution in [2.45, 2.75) is 6.92 Å². The summed E-state index contributed by atoms with van der Waals surface area (Å²) in [6, 6.07) is 15.0. The van der Waals surface area contributed by atoms with E-state index in [1.54, 1.807) is 35.6 Å². The molecule has 0 aliphatic carbocycles. The highest BCUT2D eigenvalue weighted by atomic mass is 32.1. The number of nitro benzene ring substituents is 1. The van der Waals surface area contributed by atoms with E-state index >= 15 is 0 Å². The molecule has 3 aromatic rings. The monoisotopic (exact) mass is 381 g/mol. The zero-order chi connectivity index (χ0) is 18.8. The molecule has 6 nitrogen and oxygen atoms in total. The lowest BCUT2D eigenvalue weighted by Crippen LogP contribution is -2.36. The molecule has 0 spiro atoms. The van der Waals surface area contributed by atoms with Gasteiger partial charge in [0.25, 0.3) is 5.69 Å². The van der Waals surface area contributed by atoms with Crippen LogP contribution in [0.3, 0.4) is 0 Å². The molecule has 0 N–H and O–H groups in total. The van der Waals surface area contributed by atoms with Crippen LogP contribution in [0.1, 0.15) is 5.56 Å². The molecule has 1 fully saturated rings. The number of hydrogen-bond donors (Lipinski definition) is 0. The highest BCUT2D eigenvalue weighted by Gasteiger charge is 2.21. The van der Waals surface area contributed by atoms with E-state index in [9.17, 15) is 10.1 Å². The molecular weight excluding hydrogens is 362 g/mol. The van der Waals surface area contributed by atoms with Gasteiger partial charge in [-0.1, -0.05) is 41.2 Å². The van der Waals surface area contributed by atoms with Crippen molar-refractivity contribution in [1.29, 1.82) is 0 Å². The number of ether oxygens (including phenoxy) is 1. The van der Waals surface area contributed by atoms with Crippen molar-refractivity contribution in [3.8, 4) is 21.7 Å². The molecule has 1 aliphatic heterocycles. The van der Waals surface area contributed by atoms with Crippen molar-refractivity contribution >= 4 is 22.2 Å². The highest BCUT2D eigenvalue weighted by Crippen LogP contribution is 2.41. The van der Waals surface area contributed by atoms with Crippen LogP contribution >= 0.6 is 11.3 Å². The standard InChI is InChI=1S/C20H19N3O3S/c1-14-2-4-15(5-3-14)18-19(16-6-8-17(9-7-16)23(24)25)27-20(21-18)22-10-12-26-13-11-22/h2-9H,10-13H2,1H3. The van der Waals surface area contributed by atoms with Crippen LogP contribution < -0.4 is 4.90 Å². The first kappa shape index (κ1) is 17.6. The number of anilines is 1. The number of thiazole rings is 1. The zero-order valence-corrected chi connectivity index (χ0v) is 15.7. The van der Waals surface area contributed by atoms with Crippen LogP contribution in [-0.4, -0.2) is 36.2 Å². The lowest BCUT2D eigenvalue weighted by atomic mass is 10.1. The van der Waals surface area contributed by atoms with Gasteiger partial charge in [0.1, 0.15) is 0 Å². The lowest BCUT2D eigenvalue weighted by Gasteiger charge is -2.26. The number of nitro groups is 1. The average molecular weight is 381 g/mol. The summed E-state index contributed by atoms with van der Waals surface area (Å²) in [5, 5.41) is 11.9. The molecule has 0 unspecified atom stereocenters. The topological polar surface area (TPSA) is 68.5 Å². The average Bonchev–Trinajstić information content (AvgIpc) is 3.15. The van der Waals surface area contributed by atoms with E-state index in [0.29, 0.717) is 13.2 Å². The van der Waals surface area contributed by atoms with Gasteiger partial charge in [0.2, 0.25) is 0 Å². The van der Waals surface area contributed by atoms with Gasteiger partial charge in [-0.05, 0) is 24.6 Å². The number of benzene rings is 2. The van der Waals surface area contributed by atoms with Gasteiger partial charge in [-0.15, -0.1) is 0 Å². The molecule has 0 atom stereocenters. The van der Waals surface area contributed by atoms with E-state index < -0.39 is 0 Å². The molecule has 1 aromatic heterocycles. The summed E-state index contributed by atoms with van der Waals surface area (Å²) in [5.74, 6) is 0. The number of morpholine rings is 1. The van der Waals surface area contributed by atoms with Crippen molar-refractivity contribution < 1.29 is 9.66 Å². The first-order valence-corrected chi connectivity index (χ1v) is 9.59. The number of aromatic nitrogens is 1. The van der Waals surface area contributed by atoms with Gasteiger partial charge in [0.15, 0.2) is 5.13 Å². The molecule has 0 saturated carbocycles. The summed E-state index contributed by atoms with van der Waals surface area (Å²) in [7, 11) is 0. The maximum atomic E-state index is 11.0. The number of nitrogens with zero attached hydrogens (tertiary/aromatic N) is 3. The summed E-state index contributed by atoms with van der Waals surface area (Å²) in [4.78, 5) is 18.8. The highest BCUT2D eigenvalue weighted by molar-refractivity contribution is 7.19. The molecule has 7 heteroatoms. The van der Waals surface area contributed by atoms with Gasteiger partial charge < -0.3 is 9.64 Å². The van der Waals surface area contributed by atoms with E-state index in [1.807, 2.05) is 0 Å². The van der Waals surface area contributed by atoms with Crippen molar-refractivity contribution in [3.05, 3.63) is 64.2 Å². The summed E-state index contributed by atoms with van der Waals surface area (Å²) >= 11 is 1.62. The summed E-state index contributed by atoms with van der Waals surface area (Å²) in [6.07, 6.45) is 0. The molecule has 2 aromatic carbocycles. The van der Waals surface area contributed by atoms with Gasteiger partial charge in [-0.25, -0.2) is 4.98 Å². The maximum Gasteiger partial charge on any atom is 0.269 e. The second-order valence-electron chi connectivity index (χ2n) is 6.44. The molecular formula is C20H19N3O3S. The Labute approximate surface area is 161 Å². The van der Waals surface area contributed by atoms with Crippen LogP contribution in [0.2, 0.25) is 0 Å². The minimum atomic E-state index is -0.378. The molecule has 0 radical (unpaired) electrons. The Morgan fingerprint density at radius 3 is 2.30 bits per heavy atom. The van der Waals surface area contributed by atoms with Crippen molar-refractivity contribution in [2.75, 3.05) is 31.2 Å². The third kappa shape index (κ3) is 3.70. The second-order valence-corrected chi connectivity index (χ2v) is 7.42. The van der Waals surface area contributed by atoms with Crippen LogP contribution in [0.25, 0.3) is 21.7 Å². The van der Waals surface area contributed by atoms with E-state index in [2.05, 4.69) is 36.1 Å². The Morgan fingerprint density at radius 1 is 1.04 bits per heavy atom. The van der Waals surface area contributed by atoms with E-state index in [4.69, 9.17) is 9.72 Å². The van der Waals surface area contributed by atoms with Gasteiger partial charge in [-0.2, -0.15) is 0 Å². The number of hydrogen-bond acceptors (Lipinski definition) is 6. The van der Waals surface area contributed by atoms with Gasteiger partial charge in [0, 0.05) is 30.8 Å². The van der Waals surface area contributed by atoms with Gasteiger partial charge >= 0.3 is 0 Å². The molecule has 0 bridgehead atoms. The fourth-order valence-electron chi connectivity index (χ4n) is 3.04. The third-order valence-electron chi connectivity index (χ3n) is 4.56. The number of aryl methyl sites for hydroxylation is 1. The van der Waals surface area contributed by atoms with Crippen molar-refractivity contribution in [3.63, 3.8) is 0 Å². The Morgan fingerprint density at radius 2 is 1.67 bits per heavy atom. The molecule has 4 rings (SSSR count). The van der Waals surface area contributed by atoms with Crippen LogP contribution in [0.15, 0.2) is 48.5 Å². The number of rotatable bonds is 4. The normalized spacial score (nSPS) is 14.3. The smallest absolute Gasteiger partial charge is 0.269 e.